The first-order chi connectivity index (χ1) is 27.2. The number of furan rings is 1. The molecule has 2 nitrogen and oxygen atoms in total. The number of nitrogens with zero attached hydrogens (tertiary/aromatic N) is 1. The van der Waals surface area contributed by atoms with Crippen LogP contribution in [0.15, 0.2) is 205 Å². The highest BCUT2D eigenvalue weighted by atomic mass is 32.1. The first-order valence-electron chi connectivity index (χ1n) is 18.7. The van der Waals surface area contributed by atoms with Crippen LogP contribution in [0.5, 0.6) is 0 Å². The predicted octanol–water partition coefficient (Wildman–Crippen LogP) is 15.6. The van der Waals surface area contributed by atoms with Crippen LogP contribution in [0.25, 0.3) is 86.3 Å². The monoisotopic (exact) mass is 719 g/mol. The van der Waals surface area contributed by atoms with Crippen molar-refractivity contribution < 1.29 is 4.42 Å². The van der Waals surface area contributed by atoms with E-state index in [1.54, 1.807) is 0 Å². The van der Waals surface area contributed by atoms with Gasteiger partial charge in [0.05, 0.1) is 0 Å². The van der Waals surface area contributed by atoms with Crippen LogP contribution in [0.2, 0.25) is 0 Å². The Hall–Kier alpha value is -6.94. The molecule has 2 heterocycles. The van der Waals surface area contributed by atoms with E-state index < -0.39 is 0 Å². The van der Waals surface area contributed by atoms with E-state index in [0.717, 1.165) is 50.1 Å². The zero-order chi connectivity index (χ0) is 36.3. The molecule has 0 unspecified atom stereocenters. The summed E-state index contributed by atoms with van der Waals surface area (Å²) < 4.78 is 9.42. The minimum absolute atomic E-state index is 0.872. The Morgan fingerprint density at radius 3 is 1.65 bits per heavy atom. The number of hydrogen-bond donors (Lipinski definition) is 0. The van der Waals surface area contributed by atoms with Crippen LogP contribution >= 0.6 is 11.3 Å². The van der Waals surface area contributed by atoms with Crippen LogP contribution in [0.3, 0.4) is 0 Å². The maximum atomic E-state index is 6.85. The molecular formula is C52H33NOS. The number of anilines is 3. The lowest BCUT2D eigenvalue weighted by Crippen LogP contribution is -2.09. The van der Waals surface area contributed by atoms with E-state index in [4.69, 9.17) is 4.42 Å². The van der Waals surface area contributed by atoms with Crippen molar-refractivity contribution in [3.63, 3.8) is 0 Å². The smallest absolute Gasteiger partial charge is 0.143 e. The second-order valence-electron chi connectivity index (χ2n) is 14.1. The summed E-state index contributed by atoms with van der Waals surface area (Å²) in [7, 11) is 0. The maximum absolute atomic E-state index is 6.85. The van der Waals surface area contributed by atoms with Crippen LogP contribution in [0, 0.1) is 0 Å². The third-order valence-electron chi connectivity index (χ3n) is 10.9. The molecule has 2 aromatic heterocycles. The van der Waals surface area contributed by atoms with Gasteiger partial charge in [-0.3, -0.25) is 0 Å². The van der Waals surface area contributed by atoms with Crippen molar-refractivity contribution in [2.24, 2.45) is 0 Å². The summed E-state index contributed by atoms with van der Waals surface area (Å²) in [6.45, 7) is 0. The molecule has 9 aromatic carbocycles. The third-order valence-corrected chi connectivity index (χ3v) is 12.0. The summed E-state index contributed by atoms with van der Waals surface area (Å²) in [5.74, 6) is 0. The fourth-order valence-electron chi connectivity index (χ4n) is 8.18. The van der Waals surface area contributed by atoms with Gasteiger partial charge < -0.3 is 9.32 Å². The van der Waals surface area contributed by atoms with Crippen molar-refractivity contribution in [3.05, 3.63) is 200 Å². The zero-order valence-corrected chi connectivity index (χ0v) is 30.6. The maximum Gasteiger partial charge on any atom is 0.143 e. The Kier molecular flexibility index (Phi) is 7.39. The van der Waals surface area contributed by atoms with E-state index in [-0.39, 0.29) is 0 Å². The van der Waals surface area contributed by atoms with Gasteiger partial charge >= 0.3 is 0 Å². The molecule has 11 rings (SSSR count). The van der Waals surface area contributed by atoms with Gasteiger partial charge in [0.25, 0.3) is 0 Å². The fraction of sp³-hybridized carbons (Fsp3) is 0. The summed E-state index contributed by atoms with van der Waals surface area (Å²) in [6, 6.07) is 72.1. The fourth-order valence-corrected chi connectivity index (χ4v) is 9.31. The molecule has 0 aliphatic carbocycles. The van der Waals surface area contributed by atoms with Crippen LogP contribution in [-0.2, 0) is 0 Å². The molecule has 0 radical (unpaired) electrons. The number of hydrogen-bond acceptors (Lipinski definition) is 3. The van der Waals surface area contributed by atoms with Crippen LogP contribution in [0.1, 0.15) is 0 Å². The highest BCUT2D eigenvalue weighted by Crippen LogP contribution is 2.45. The van der Waals surface area contributed by atoms with Gasteiger partial charge in [-0.15, -0.1) is 11.3 Å². The van der Waals surface area contributed by atoms with Crippen molar-refractivity contribution in [2.45, 2.75) is 0 Å². The van der Waals surface area contributed by atoms with E-state index in [1.807, 2.05) is 11.3 Å². The van der Waals surface area contributed by atoms with Gasteiger partial charge in [-0.05, 0) is 93.2 Å². The Bertz CT molecular complexity index is 3180. The van der Waals surface area contributed by atoms with Gasteiger partial charge in [-0.2, -0.15) is 0 Å². The van der Waals surface area contributed by atoms with Crippen molar-refractivity contribution in [1.29, 1.82) is 0 Å². The topological polar surface area (TPSA) is 16.4 Å². The molecule has 0 saturated carbocycles. The first kappa shape index (κ1) is 31.6. The summed E-state index contributed by atoms with van der Waals surface area (Å²) in [4.78, 5) is 2.38. The lowest BCUT2D eigenvalue weighted by molar-refractivity contribution is 0.670. The summed E-state index contributed by atoms with van der Waals surface area (Å²) >= 11 is 1.85. The number of rotatable bonds is 6. The van der Waals surface area contributed by atoms with Gasteiger partial charge in [0.15, 0.2) is 0 Å². The normalized spacial score (nSPS) is 11.6. The molecule has 0 fully saturated rings. The second kappa shape index (κ2) is 12.9. The minimum Gasteiger partial charge on any atom is -0.455 e. The van der Waals surface area contributed by atoms with Gasteiger partial charge in [0, 0.05) is 53.6 Å². The molecule has 3 heteroatoms. The predicted molar refractivity (Wildman–Crippen MR) is 235 cm³/mol. The van der Waals surface area contributed by atoms with Crippen molar-refractivity contribution in [2.75, 3.05) is 4.90 Å². The SMILES string of the molecule is c1ccc(-c2ccc(-c3cc4ccccc4c4c3oc3ccc(N(c5ccc(-c6ccccc6)cc5)c5ccc6c(c5)sc5ccccc56)cc34)cc2)cc1. The first-order valence-corrected chi connectivity index (χ1v) is 19.5. The summed E-state index contributed by atoms with van der Waals surface area (Å²) in [5.41, 5.74) is 12.1. The molecule has 0 bridgehead atoms. The van der Waals surface area contributed by atoms with Crippen molar-refractivity contribution in [1.82, 2.24) is 0 Å². The number of thiophene rings is 1. The van der Waals surface area contributed by atoms with Gasteiger partial charge in [-0.1, -0.05) is 146 Å². The molecule has 0 atom stereocenters. The average Bonchev–Trinajstić information content (AvgIpc) is 3.83. The second-order valence-corrected chi connectivity index (χ2v) is 15.2. The summed E-state index contributed by atoms with van der Waals surface area (Å²) in [6.07, 6.45) is 0. The number of benzene rings is 9. The minimum atomic E-state index is 0.872. The lowest BCUT2D eigenvalue weighted by atomic mass is 9.95. The van der Waals surface area contributed by atoms with Crippen molar-refractivity contribution >= 4 is 81.3 Å². The molecule has 0 saturated heterocycles. The molecule has 258 valence electrons. The van der Waals surface area contributed by atoms with E-state index >= 15 is 0 Å². The Morgan fingerprint density at radius 1 is 0.364 bits per heavy atom. The van der Waals surface area contributed by atoms with Crippen LogP contribution < -0.4 is 4.90 Å². The third kappa shape index (κ3) is 5.40. The van der Waals surface area contributed by atoms with Gasteiger partial charge in [0.1, 0.15) is 11.2 Å². The van der Waals surface area contributed by atoms with E-state index in [1.165, 1.54) is 53.2 Å². The van der Waals surface area contributed by atoms with Gasteiger partial charge in [0.2, 0.25) is 0 Å². The van der Waals surface area contributed by atoms with Crippen molar-refractivity contribution in [3.8, 4) is 33.4 Å². The summed E-state index contributed by atoms with van der Waals surface area (Å²) in [5, 5.41) is 7.20. The standard InChI is InChI=1S/C52H33NOS/c1-3-11-34(12-4-1)36-19-21-38(22-20-36)46-31-39-15-7-8-16-43(39)51-47-32-41(28-30-48(47)54-52(46)51)53(40-25-23-37(24-26-40)35-13-5-2-6-14-35)42-27-29-45-44-17-9-10-18-49(44)55-50(45)33-42/h1-33H. The molecule has 0 aliphatic rings. The van der Waals surface area contributed by atoms with Crippen LogP contribution in [0.4, 0.5) is 17.1 Å². The molecule has 55 heavy (non-hydrogen) atoms. The Balaban J connectivity index is 1.10. The Morgan fingerprint density at radius 2 is 0.909 bits per heavy atom. The average molecular weight is 720 g/mol. The largest absolute Gasteiger partial charge is 0.455 e. The molecule has 11 aromatic rings. The molecule has 0 spiro atoms. The highest BCUT2D eigenvalue weighted by Gasteiger charge is 2.20. The Labute approximate surface area is 322 Å². The quantitative estimate of drug-likeness (QED) is 0.170. The van der Waals surface area contributed by atoms with Crippen LogP contribution in [-0.4, -0.2) is 0 Å². The van der Waals surface area contributed by atoms with E-state index in [0.29, 0.717) is 0 Å². The van der Waals surface area contributed by atoms with Gasteiger partial charge in [-0.25, -0.2) is 0 Å². The molecular weight excluding hydrogens is 687 g/mol. The molecule has 0 N–H and O–H groups in total. The molecule has 0 aliphatic heterocycles. The molecule has 0 amide bonds. The highest BCUT2D eigenvalue weighted by molar-refractivity contribution is 7.25. The number of fused-ring (bicyclic) bond motifs is 8. The lowest BCUT2D eigenvalue weighted by Gasteiger charge is -2.26. The van der Waals surface area contributed by atoms with E-state index in [9.17, 15) is 0 Å². The van der Waals surface area contributed by atoms with E-state index in [2.05, 4.69) is 205 Å². The zero-order valence-electron chi connectivity index (χ0n) is 29.8.